The van der Waals surface area contributed by atoms with Crippen molar-refractivity contribution in [3.05, 3.63) is 29.3 Å². The van der Waals surface area contributed by atoms with Gasteiger partial charge in [0, 0.05) is 12.2 Å². The van der Waals surface area contributed by atoms with Gasteiger partial charge in [0.1, 0.15) is 0 Å². The minimum atomic E-state index is 0.00523. The molecular weight excluding hydrogens is 224 g/mol. The average molecular weight is 246 g/mol. The van der Waals surface area contributed by atoms with E-state index in [0.29, 0.717) is 0 Å². The number of benzene rings is 1. The van der Waals surface area contributed by atoms with Crippen LogP contribution < -0.4 is 10.2 Å². The Morgan fingerprint density at radius 1 is 1.39 bits per heavy atom. The lowest BCUT2D eigenvalue weighted by Crippen LogP contribution is -2.38. The summed E-state index contributed by atoms with van der Waals surface area (Å²) in [7, 11) is 0. The summed E-state index contributed by atoms with van der Waals surface area (Å²) < 4.78 is 0. The largest absolute Gasteiger partial charge is 0.311 e. The molecule has 0 spiro atoms. The zero-order valence-corrected chi connectivity index (χ0v) is 11.5. The number of anilines is 1. The summed E-state index contributed by atoms with van der Waals surface area (Å²) in [5, 5.41) is 3.32. The fourth-order valence-electron chi connectivity index (χ4n) is 2.54. The predicted octanol–water partition coefficient (Wildman–Crippen LogP) is 2.41. The molecular formula is C15H22N2O. The minimum absolute atomic E-state index is 0.00523. The molecule has 1 amide bonds. The van der Waals surface area contributed by atoms with Crippen molar-refractivity contribution in [3.63, 3.8) is 0 Å². The Balaban J connectivity index is 2.13. The van der Waals surface area contributed by atoms with Crippen LogP contribution >= 0.6 is 0 Å². The Kier molecular flexibility index (Phi) is 4.02. The maximum atomic E-state index is 12.3. The molecule has 1 heterocycles. The van der Waals surface area contributed by atoms with Gasteiger partial charge in [0.15, 0.2) is 0 Å². The van der Waals surface area contributed by atoms with Crippen LogP contribution in [0.4, 0.5) is 5.69 Å². The molecule has 1 unspecified atom stereocenters. The highest BCUT2D eigenvalue weighted by atomic mass is 16.2. The van der Waals surface area contributed by atoms with Crippen LogP contribution in [-0.4, -0.2) is 25.0 Å². The topological polar surface area (TPSA) is 32.3 Å². The molecule has 1 aliphatic heterocycles. The molecule has 0 radical (unpaired) electrons. The molecule has 98 valence electrons. The number of carbonyl (C=O) groups is 1. The number of aryl methyl sites for hydroxylation is 2. The Labute approximate surface area is 109 Å². The Morgan fingerprint density at radius 2 is 2.17 bits per heavy atom. The molecule has 1 N–H and O–H groups in total. The molecule has 18 heavy (non-hydrogen) atoms. The van der Waals surface area contributed by atoms with Crippen molar-refractivity contribution in [2.75, 3.05) is 18.0 Å². The zero-order chi connectivity index (χ0) is 13.1. The fourth-order valence-corrected chi connectivity index (χ4v) is 2.54. The van der Waals surface area contributed by atoms with Gasteiger partial charge in [-0.15, -0.1) is 0 Å². The normalized spacial score (nSPS) is 19.6. The first kappa shape index (κ1) is 13.1. The summed E-state index contributed by atoms with van der Waals surface area (Å²) in [6, 6.07) is 6.27. The van der Waals surface area contributed by atoms with Gasteiger partial charge in [-0.2, -0.15) is 0 Å². The fraction of sp³-hybridized carbons (Fsp3) is 0.533. The molecule has 1 atom stereocenters. The van der Waals surface area contributed by atoms with Gasteiger partial charge in [-0.3, -0.25) is 4.79 Å². The van der Waals surface area contributed by atoms with Gasteiger partial charge in [0.05, 0.1) is 6.04 Å². The number of rotatable bonds is 4. The Hall–Kier alpha value is -1.35. The van der Waals surface area contributed by atoms with Gasteiger partial charge in [0.2, 0.25) is 5.91 Å². The Morgan fingerprint density at radius 3 is 2.83 bits per heavy atom. The van der Waals surface area contributed by atoms with Gasteiger partial charge in [0.25, 0.3) is 0 Å². The van der Waals surface area contributed by atoms with Crippen LogP contribution in [0, 0.1) is 13.8 Å². The van der Waals surface area contributed by atoms with E-state index in [1.807, 2.05) is 4.90 Å². The Bertz CT molecular complexity index is 442. The first-order valence-corrected chi connectivity index (χ1v) is 6.75. The van der Waals surface area contributed by atoms with Gasteiger partial charge < -0.3 is 10.2 Å². The monoisotopic (exact) mass is 246 g/mol. The van der Waals surface area contributed by atoms with Crippen molar-refractivity contribution in [2.45, 2.75) is 39.7 Å². The van der Waals surface area contributed by atoms with Gasteiger partial charge >= 0.3 is 0 Å². The van der Waals surface area contributed by atoms with E-state index in [9.17, 15) is 4.79 Å². The minimum Gasteiger partial charge on any atom is -0.311 e. The molecule has 0 bridgehead atoms. The number of nitrogens with zero attached hydrogens (tertiary/aromatic N) is 1. The van der Waals surface area contributed by atoms with Crippen LogP contribution in [0.25, 0.3) is 0 Å². The van der Waals surface area contributed by atoms with Gasteiger partial charge in [-0.05, 0) is 44.9 Å². The van der Waals surface area contributed by atoms with Crippen LogP contribution in [0.15, 0.2) is 18.2 Å². The standard InChI is InChI=1S/C15H22N2O/c1-4-8-16-13-7-9-17(15(13)18)14-6-5-11(2)10-12(14)3/h5-6,10,13,16H,4,7-9H2,1-3H3. The molecule has 0 saturated carbocycles. The molecule has 0 aliphatic carbocycles. The molecule has 1 saturated heterocycles. The molecule has 3 nitrogen and oxygen atoms in total. The SMILES string of the molecule is CCCNC1CCN(c2ccc(C)cc2C)C1=O. The summed E-state index contributed by atoms with van der Waals surface area (Å²) >= 11 is 0. The van der Waals surface area contributed by atoms with E-state index in [1.165, 1.54) is 11.1 Å². The van der Waals surface area contributed by atoms with Crippen LogP contribution in [0.5, 0.6) is 0 Å². The van der Waals surface area contributed by atoms with Crippen LogP contribution in [0.3, 0.4) is 0 Å². The third-order valence-electron chi connectivity index (χ3n) is 3.49. The molecule has 1 fully saturated rings. The first-order chi connectivity index (χ1) is 8.63. The number of carbonyl (C=O) groups excluding carboxylic acids is 1. The van der Waals surface area contributed by atoms with Crippen LogP contribution in [-0.2, 0) is 4.79 Å². The number of amides is 1. The van der Waals surface area contributed by atoms with Crippen molar-refractivity contribution in [1.82, 2.24) is 5.32 Å². The number of hydrogen-bond donors (Lipinski definition) is 1. The molecule has 2 rings (SSSR count). The molecule has 0 aromatic heterocycles. The second-order valence-corrected chi connectivity index (χ2v) is 5.08. The molecule has 3 heteroatoms. The smallest absolute Gasteiger partial charge is 0.244 e. The zero-order valence-electron chi connectivity index (χ0n) is 11.5. The van der Waals surface area contributed by atoms with E-state index in [4.69, 9.17) is 0 Å². The summed E-state index contributed by atoms with van der Waals surface area (Å²) in [5.41, 5.74) is 3.48. The summed E-state index contributed by atoms with van der Waals surface area (Å²) in [6.45, 7) is 8.01. The molecule has 1 aromatic rings. The van der Waals surface area contributed by atoms with Crippen molar-refractivity contribution in [3.8, 4) is 0 Å². The lowest BCUT2D eigenvalue weighted by Gasteiger charge is -2.19. The van der Waals surface area contributed by atoms with E-state index in [0.717, 1.165) is 31.6 Å². The second-order valence-electron chi connectivity index (χ2n) is 5.08. The van der Waals surface area contributed by atoms with Crippen LogP contribution in [0.1, 0.15) is 30.9 Å². The maximum Gasteiger partial charge on any atom is 0.244 e. The van der Waals surface area contributed by atoms with E-state index < -0.39 is 0 Å². The predicted molar refractivity (Wildman–Crippen MR) is 75.0 cm³/mol. The average Bonchev–Trinajstić information content (AvgIpc) is 2.68. The van der Waals surface area contributed by atoms with E-state index in [1.54, 1.807) is 0 Å². The van der Waals surface area contributed by atoms with Crippen molar-refractivity contribution in [2.24, 2.45) is 0 Å². The summed E-state index contributed by atoms with van der Waals surface area (Å²) in [5.74, 6) is 0.218. The first-order valence-electron chi connectivity index (χ1n) is 6.75. The lowest BCUT2D eigenvalue weighted by atomic mass is 10.1. The molecule has 1 aliphatic rings. The lowest BCUT2D eigenvalue weighted by molar-refractivity contribution is -0.118. The van der Waals surface area contributed by atoms with Gasteiger partial charge in [-0.25, -0.2) is 0 Å². The van der Waals surface area contributed by atoms with E-state index in [-0.39, 0.29) is 11.9 Å². The van der Waals surface area contributed by atoms with E-state index >= 15 is 0 Å². The summed E-state index contributed by atoms with van der Waals surface area (Å²) in [6.07, 6.45) is 1.97. The third-order valence-corrected chi connectivity index (χ3v) is 3.49. The molecule has 1 aromatic carbocycles. The third kappa shape index (κ3) is 2.56. The van der Waals surface area contributed by atoms with E-state index in [2.05, 4.69) is 44.3 Å². The highest BCUT2D eigenvalue weighted by Gasteiger charge is 2.32. The summed E-state index contributed by atoms with van der Waals surface area (Å²) in [4.78, 5) is 14.2. The van der Waals surface area contributed by atoms with Crippen molar-refractivity contribution in [1.29, 1.82) is 0 Å². The maximum absolute atomic E-state index is 12.3. The highest BCUT2D eigenvalue weighted by Crippen LogP contribution is 2.25. The second kappa shape index (κ2) is 5.53. The van der Waals surface area contributed by atoms with Crippen molar-refractivity contribution < 1.29 is 4.79 Å². The van der Waals surface area contributed by atoms with Crippen LogP contribution in [0.2, 0.25) is 0 Å². The number of hydrogen-bond acceptors (Lipinski definition) is 2. The number of nitrogens with one attached hydrogen (secondary N) is 1. The quantitative estimate of drug-likeness (QED) is 0.885. The highest BCUT2D eigenvalue weighted by molar-refractivity contribution is 6.00. The van der Waals surface area contributed by atoms with Gasteiger partial charge in [-0.1, -0.05) is 24.6 Å². The van der Waals surface area contributed by atoms with Crippen molar-refractivity contribution >= 4 is 11.6 Å².